The third kappa shape index (κ3) is 5.02. The summed E-state index contributed by atoms with van der Waals surface area (Å²) >= 11 is 0. The number of pyridine rings is 1. The lowest BCUT2D eigenvalue weighted by Crippen LogP contribution is -2.35. The molecule has 3 aromatic rings. The molecule has 2 heterocycles. The number of amides is 1. The molecule has 2 aromatic carbocycles. The highest BCUT2D eigenvalue weighted by molar-refractivity contribution is 7.89. The van der Waals surface area contributed by atoms with Crippen LogP contribution in [0.2, 0.25) is 0 Å². The molecular weight excluding hydrogens is 458 g/mol. The van der Waals surface area contributed by atoms with Crippen molar-refractivity contribution in [2.75, 3.05) is 18.4 Å². The van der Waals surface area contributed by atoms with E-state index in [1.807, 2.05) is 0 Å². The van der Waals surface area contributed by atoms with Gasteiger partial charge in [0.05, 0.1) is 4.90 Å². The van der Waals surface area contributed by atoms with Gasteiger partial charge >= 0.3 is 5.97 Å². The number of rotatable bonds is 6. The van der Waals surface area contributed by atoms with Gasteiger partial charge < -0.3 is 15.0 Å². The number of H-pyrrole nitrogens is 1. The molecule has 34 heavy (non-hydrogen) atoms. The Bertz CT molecular complexity index is 1380. The van der Waals surface area contributed by atoms with Gasteiger partial charge in [0.25, 0.3) is 11.5 Å². The van der Waals surface area contributed by atoms with Crippen LogP contribution < -0.4 is 10.9 Å². The maximum atomic E-state index is 12.7. The van der Waals surface area contributed by atoms with Gasteiger partial charge in [-0.3, -0.25) is 9.59 Å². The molecule has 1 aliphatic rings. The Hall–Kier alpha value is -3.50. The Morgan fingerprint density at radius 1 is 1.03 bits per heavy atom. The summed E-state index contributed by atoms with van der Waals surface area (Å²) in [7, 11) is -3.57. The van der Waals surface area contributed by atoms with E-state index in [9.17, 15) is 22.8 Å². The van der Waals surface area contributed by atoms with Crippen molar-refractivity contribution in [2.45, 2.75) is 37.2 Å². The van der Waals surface area contributed by atoms with Crippen LogP contribution in [0.25, 0.3) is 10.8 Å². The molecule has 0 aliphatic carbocycles. The summed E-state index contributed by atoms with van der Waals surface area (Å²) in [4.78, 5) is 39.8. The predicted molar refractivity (Wildman–Crippen MR) is 127 cm³/mol. The number of aromatic nitrogens is 1. The summed E-state index contributed by atoms with van der Waals surface area (Å²) in [5.74, 6) is -1.43. The summed E-state index contributed by atoms with van der Waals surface area (Å²) in [6.07, 6.45) is 1.56. The molecule has 1 saturated heterocycles. The first kappa shape index (κ1) is 23.7. The van der Waals surface area contributed by atoms with Gasteiger partial charge in [-0.25, -0.2) is 13.2 Å². The van der Waals surface area contributed by atoms with E-state index in [4.69, 9.17) is 4.74 Å². The minimum absolute atomic E-state index is 0.0596. The third-order valence-corrected chi connectivity index (χ3v) is 7.61. The summed E-state index contributed by atoms with van der Waals surface area (Å²) in [6, 6.07) is 14.2. The number of carbonyl (C=O) groups excluding carboxylic acids is 2. The van der Waals surface area contributed by atoms with Crippen LogP contribution in [-0.2, 0) is 19.6 Å². The van der Waals surface area contributed by atoms with Crippen LogP contribution in [0.5, 0.6) is 0 Å². The number of nitrogens with one attached hydrogen (secondary N) is 2. The minimum atomic E-state index is -3.57. The lowest BCUT2D eigenvalue weighted by molar-refractivity contribution is -0.123. The van der Waals surface area contributed by atoms with Crippen LogP contribution in [0.15, 0.2) is 64.3 Å². The molecule has 1 aromatic heterocycles. The van der Waals surface area contributed by atoms with Crippen LogP contribution >= 0.6 is 0 Å². The molecule has 0 bridgehead atoms. The van der Waals surface area contributed by atoms with E-state index in [-0.39, 0.29) is 10.6 Å². The fourth-order valence-corrected chi connectivity index (χ4v) is 5.32. The Labute approximate surface area is 196 Å². The molecule has 0 spiro atoms. The van der Waals surface area contributed by atoms with E-state index in [1.54, 1.807) is 24.3 Å². The number of ether oxygens (including phenoxy) is 1. The molecule has 1 amide bonds. The van der Waals surface area contributed by atoms with Crippen molar-refractivity contribution in [1.82, 2.24) is 9.29 Å². The summed E-state index contributed by atoms with van der Waals surface area (Å²) in [5.41, 5.74) is -0.123. The van der Waals surface area contributed by atoms with E-state index in [0.717, 1.165) is 19.3 Å². The van der Waals surface area contributed by atoms with Crippen molar-refractivity contribution in [3.05, 3.63) is 70.6 Å². The van der Waals surface area contributed by atoms with Crippen LogP contribution in [0.1, 0.15) is 36.7 Å². The van der Waals surface area contributed by atoms with Crippen molar-refractivity contribution in [1.29, 1.82) is 0 Å². The highest BCUT2D eigenvalue weighted by Gasteiger charge is 2.26. The fraction of sp³-hybridized carbons (Fsp3) is 0.292. The second-order valence-corrected chi connectivity index (χ2v) is 10.1. The van der Waals surface area contributed by atoms with Gasteiger partial charge in [0.1, 0.15) is 5.69 Å². The monoisotopic (exact) mass is 483 g/mol. The van der Waals surface area contributed by atoms with Crippen molar-refractivity contribution < 1.29 is 22.7 Å². The highest BCUT2D eigenvalue weighted by atomic mass is 32.2. The van der Waals surface area contributed by atoms with Crippen molar-refractivity contribution >= 4 is 38.4 Å². The number of anilines is 1. The number of carbonyl (C=O) groups is 2. The second kappa shape index (κ2) is 9.78. The van der Waals surface area contributed by atoms with Crippen molar-refractivity contribution in [3.63, 3.8) is 0 Å². The second-order valence-electron chi connectivity index (χ2n) is 8.13. The number of sulfonamides is 1. The van der Waals surface area contributed by atoms with Gasteiger partial charge in [-0.1, -0.05) is 24.6 Å². The molecule has 2 N–H and O–H groups in total. The quantitative estimate of drug-likeness (QED) is 0.520. The van der Waals surface area contributed by atoms with Crippen molar-refractivity contribution in [2.24, 2.45) is 0 Å². The minimum Gasteiger partial charge on any atom is -0.448 e. The Morgan fingerprint density at radius 2 is 1.71 bits per heavy atom. The van der Waals surface area contributed by atoms with Crippen LogP contribution in [0, 0.1) is 0 Å². The normalized spacial score (nSPS) is 15.6. The molecule has 1 atom stereocenters. The average molecular weight is 484 g/mol. The zero-order valence-electron chi connectivity index (χ0n) is 18.6. The zero-order chi connectivity index (χ0) is 24.3. The maximum absolute atomic E-state index is 12.7. The van der Waals surface area contributed by atoms with Gasteiger partial charge in [-0.05, 0) is 61.5 Å². The van der Waals surface area contributed by atoms with E-state index >= 15 is 0 Å². The lowest BCUT2D eigenvalue weighted by atomic mass is 10.1. The molecule has 178 valence electrons. The maximum Gasteiger partial charge on any atom is 0.355 e. The number of hydrogen-bond donors (Lipinski definition) is 2. The summed E-state index contributed by atoms with van der Waals surface area (Å²) in [5, 5.41) is 3.62. The third-order valence-electron chi connectivity index (χ3n) is 5.70. The number of piperidine rings is 1. The number of benzene rings is 2. The van der Waals surface area contributed by atoms with Gasteiger partial charge in [0, 0.05) is 24.2 Å². The largest absolute Gasteiger partial charge is 0.448 e. The van der Waals surface area contributed by atoms with Gasteiger partial charge in [-0.2, -0.15) is 4.31 Å². The van der Waals surface area contributed by atoms with Crippen LogP contribution in [-0.4, -0.2) is 48.8 Å². The number of nitrogens with zero attached hydrogens (tertiary/aromatic N) is 1. The number of esters is 1. The molecule has 9 nitrogen and oxygen atoms in total. The smallest absolute Gasteiger partial charge is 0.355 e. The standard InChI is InChI=1S/C24H25N3O6S/c1-16(33-24(30)21-15-17-7-3-4-8-20(17)23(29)26-21)22(28)25-18-9-11-19(12-10-18)34(31,32)27-13-5-2-6-14-27/h3-4,7-12,15-16H,2,5-6,13-14H2,1H3,(H,25,28)(H,26,29)/t16-/m1/s1. The molecule has 1 aliphatic heterocycles. The first-order valence-corrected chi connectivity index (χ1v) is 12.4. The van der Waals surface area contributed by atoms with E-state index in [0.29, 0.717) is 29.5 Å². The molecule has 4 rings (SSSR count). The van der Waals surface area contributed by atoms with E-state index in [1.165, 1.54) is 41.6 Å². The van der Waals surface area contributed by atoms with E-state index in [2.05, 4.69) is 10.3 Å². The number of aromatic amines is 1. The zero-order valence-corrected chi connectivity index (χ0v) is 19.4. The Balaban J connectivity index is 1.40. The highest BCUT2D eigenvalue weighted by Crippen LogP contribution is 2.22. The van der Waals surface area contributed by atoms with Gasteiger partial charge in [0.2, 0.25) is 10.0 Å². The molecule has 0 unspecified atom stereocenters. The van der Waals surface area contributed by atoms with Gasteiger partial charge in [-0.15, -0.1) is 0 Å². The predicted octanol–water partition coefficient (Wildman–Crippen LogP) is 2.89. The first-order chi connectivity index (χ1) is 16.3. The Morgan fingerprint density at radius 3 is 2.41 bits per heavy atom. The SMILES string of the molecule is C[C@@H](OC(=O)c1cc2ccccc2c(=O)[nH]1)C(=O)Nc1ccc(S(=O)(=O)N2CCCCC2)cc1. The Kier molecular flexibility index (Phi) is 6.80. The van der Waals surface area contributed by atoms with Crippen LogP contribution in [0.3, 0.4) is 0 Å². The molecule has 0 radical (unpaired) electrons. The molecule has 10 heteroatoms. The summed E-state index contributed by atoms with van der Waals surface area (Å²) in [6.45, 7) is 2.42. The first-order valence-electron chi connectivity index (χ1n) is 11.0. The molecular formula is C24H25N3O6S. The topological polar surface area (TPSA) is 126 Å². The van der Waals surface area contributed by atoms with Crippen LogP contribution in [0.4, 0.5) is 5.69 Å². The molecule has 0 saturated carbocycles. The average Bonchev–Trinajstić information content (AvgIpc) is 2.84. The fourth-order valence-electron chi connectivity index (χ4n) is 3.81. The van der Waals surface area contributed by atoms with Gasteiger partial charge in [0.15, 0.2) is 6.10 Å². The summed E-state index contributed by atoms with van der Waals surface area (Å²) < 4.78 is 32.2. The van der Waals surface area contributed by atoms with Crippen molar-refractivity contribution in [3.8, 4) is 0 Å². The molecule has 1 fully saturated rings. The number of hydrogen-bond acceptors (Lipinski definition) is 6. The lowest BCUT2D eigenvalue weighted by Gasteiger charge is -2.25. The van der Waals surface area contributed by atoms with E-state index < -0.39 is 33.6 Å². The number of fused-ring (bicyclic) bond motifs is 1.